The second kappa shape index (κ2) is 8.33. The smallest absolute Gasteiger partial charge is 0.242 e. The summed E-state index contributed by atoms with van der Waals surface area (Å²) in [6.07, 6.45) is 1.03. The van der Waals surface area contributed by atoms with Gasteiger partial charge < -0.3 is 15.4 Å². The zero-order valence-electron chi connectivity index (χ0n) is 14.0. The highest BCUT2D eigenvalue weighted by Crippen LogP contribution is 2.30. The van der Waals surface area contributed by atoms with Crippen LogP contribution in [-0.2, 0) is 14.4 Å². The fourth-order valence-corrected chi connectivity index (χ4v) is 2.39. The van der Waals surface area contributed by atoms with Gasteiger partial charge in [0.05, 0.1) is 18.7 Å². The average molecular weight is 333 g/mol. The molecule has 0 radical (unpaired) electrons. The van der Waals surface area contributed by atoms with Crippen molar-refractivity contribution < 1.29 is 19.1 Å². The van der Waals surface area contributed by atoms with Crippen molar-refractivity contribution in [2.45, 2.75) is 32.7 Å². The highest BCUT2D eigenvalue weighted by molar-refractivity contribution is 6.01. The summed E-state index contributed by atoms with van der Waals surface area (Å²) in [6, 6.07) is 6.44. The van der Waals surface area contributed by atoms with Crippen LogP contribution < -0.4 is 20.3 Å². The molecule has 3 amide bonds. The molecule has 1 aliphatic rings. The minimum absolute atomic E-state index is 0.148. The number of carbonyl (C=O) groups excluding carboxylic acids is 3. The number of para-hydroxylation sites is 2. The molecule has 2 rings (SSSR count). The average Bonchev–Trinajstić information content (AvgIpc) is 2.72. The molecule has 1 aromatic rings. The molecular formula is C17H23N3O4. The number of anilines is 1. The number of rotatable bonds is 6. The van der Waals surface area contributed by atoms with Crippen LogP contribution in [0.5, 0.6) is 5.75 Å². The highest BCUT2D eigenvalue weighted by Gasteiger charge is 2.26. The summed E-state index contributed by atoms with van der Waals surface area (Å²) in [5, 5.41) is 5.34. The number of amides is 3. The molecule has 0 saturated heterocycles. The molecule has 24 heavy (non-hydrogen) atoms. The summed E-state index contributed by atoms with van der Waals surface area (Å²) in [5.74, 6) is -0.238. The summed E-state index contributed by atoms with van der Waals surface area (Å²) < 4.78 is 5.54. The largest absolute Gasteiger partial charge is 0.491 e. The highest BCUT2D eigenvalue weighted by atomic mass is 16.5. The van der Waals surface area contributed by atoms with Crippen LogP contribution in [0, 0.1) is 0 Å². The van der Waals surface area contributed by atoms with E-state index in [1.807, 2.05) is 13.0 Å². The molecule has 2 N–H and O–H groups in total. The Labute approximate surface area is 141 Å². The van der Waals surface area contributed by atoms with Crippen molar-refractivity contribution in [3.05, 3.63) is 24.3 Å². The normalized spacial score (nSPS) is 14.9. The minimum atomic E-state index is -0.655. The molecule has 0 saturated carbocycles. The summed E-state index contributed by atoms with van der Waals surface area (Å²) in [7, 11) is 0. The number of nitrogens with zero attached hydrogens (tertiary/aromatic N) is 1. The molecule has 0 unspecified atom stereocenters. The Balaban J connectivity index is 2.02. The molecule has 7 nitrogen and oxygen atoms in total. The van der Waals surface area contributed by atoms with Crippen LogP contribution in [0.2, 0.25) is 0 Å². The van der Waals surface area contributed by atoms with Crippen LogP contribution in [0.25, 0.3) is 0 Å². The molecule has 1 aliphatic heterocycles. The molecule has 0 bridgehead atoms. The molecule has 1 heterocycles. The van der Waals surface area contributed by atoms with Crippen molar-refractivity contribution in [1.29, 1.82) is 0 Å². The first kappa shape index (κ1) is 17.8. The second-order valence-electron chi connectivity index (χ2n) is 5.63. The number of hydrogen-bond acceptors (Lipinski definition) is 4. The Morgan fingerprint density at radius 2 is 2.08 bits per heavy atom. The van der Waals surface area contributed by atoms with Gasteiger partial charge in [-0.3, -0.25) is 19.3 Å². The third-order valence-corrected chi connectivity index (χ3v) is 3.65. The van der Waals surface area contributed by atoms with Gasteiger partial charge in [-0.2, -0.15) is 0 Å². The van der Waals surface area contributed by atoms with Crippen LogP contribution >= 0.6 is 0 Å². The number of nitrogens with one attached hydrogen (secondary N) is 2. The van der Waals surface area contributed by atoms with Gasteiger partial charge in [-0.25, -0.2) is 0 Å². The van der Waals surface area contributed by atoms with Gasteiger partial charge in [0.15, 0.2) is 0 Å². The molecule has 1 atom stereocenters. The van der Waals surface area contributed by atoms with Gasteiger partial charge in [-0.15, -0.1) is 0 Å². The molecule has 0 aliphatic carbocycles. The number of benzene rings is 1. The van der Waals surface area contributed by atoms with Gasteiger partial charge in [0.25, 0.3) is 0 Å². The maximum Gasteiger partial charge on any atom is 0.242 e. The lowest BCUT2D eigenvalue weighted by Gasteiger charge is -2.22. The quantitative estimate of drug-likeness (QED) is 0.807. The zero-order valence-corrected chi connectivity index (χ0v) is 14.0. The first-order valence-electron chi connectivity index (χ1n) is 8.12. The maximum absolute atomic E-state index is 12.3. The Hall–Kier alpha value is -2.57. The van der Waals surface area contributed by atoms with Gasteiger partial charge >= 0.3 is 0 Å². The molecule has 0 fully saturated rings. The zero-order chi connectivity index (χ0) is 17.5. The Morgan fingerprint density at radius 1 is 1.33 bits per heavy atom. The third-order valence-electron chi connectivity index (χ3n) is 3.65. The van der Waals surface area contributed by atoms with Gasteiger partial charge in [0.1, 0.15) is 18.3 Å². The van der Waals surface area contributed by atoms with Crippen molar-refractivity contribution in [3.63, 3.8) is 0 Å². The monoisotopic (exact) mass is 333 g/mol. The number of fused-ring (bicyclic) bond motifs is 1. The van der Waals surface area contributed by atoms with Crippen LogP contribution in [0.4, 0.5) is 5.69 Å². The van der Waals surface area contributed by atoms with Crippen molar-refractivity contribution in [1.82, 2.24) is 10.6 Å². The van der Waals surface area contributed by atoms with E-state index in [-0.39, 0.29) is 37.3 Å². The summed E-state index contributed by atoms with van der Waals surface area (Å²) >= 11 is 0. The summed E-state index contributed by atoms with van der Waals surface area (Å²) in [4.78, 5) is 37.7. The second-order valence-corrected chi connectivity index (χ2v) is 5.63. The van der Waals surface area contributed by atoms with Crippen LogP contribution in [-0.4, -0.2) is 43.5 Å². The molecular weight excluding hydrogens is 310 g/mol. The van der Waals surface area contributed by atoms with Crippen molar-refractivity contribution in [2.24, 2.45) is 0 Å². The molecule has 0 spiro atoms. The number of ether oxygens (including phenoxy) is 1. The van der Waals surface area contributed by atoms with Crippen LogP contribution in [0.15, 0.2) is 24.3 Å². The van der Waals surface area contributed by atoms with Crippen molar-refractivity contribution in [2.75, 3.05) is 24.6 Å². The van der Waals surface area contributed by atoms with E-state index in [2.05, 4.69) is 10.6 Å². The van der Waals surface area contributed by atoms with E-state index in [9.17, 15) is 14.4 Å². The van der Waals surface area contributed by atoms with Gasteiger partial charge in [-0.1, -0.05) is 19.1 Å². The lowest BCUT2D eigenvalue weighted by Crippen LogP contribution is -2.49. The van der Waals surface area contributed by atoms with Crippen molar-refractivity contribution >= 4 is 23.4 Å². The van der Waals surface area contributed by atoms with E-state index in [0.717, 1.165) is 6.42 Å². The van der Waals surface area contributed by atoms with E-state index in [1.54, 1.807) is 25.1 Å². The van der Waals surface area contributed by atoms with E-state index >= 15 is 0 Å². The summed E-state index contributed by atoms with van der Waals surface area (Å²) in [6.45, 7) is 4.26. The van der Waals surface area contributed by atoms with Crippen LogP contribution in [0.3, 0.4) is 0 Å². The maximum atomic E-state index is 12.3. The van der Waals surface area contributed by atoms with Gasteiger partial charge in [0, 0.05) is 6.54 Å². The van der Waals surface area contributed by atoms with E-state index in [1.165, 1.54) is 4.90 Å². The van der Waals surface area contributed by atoms with Crippen LogP contribution in [0.1, 0.15) is 26.7 Å². The predicted octanol–water partition coefficient (Wildman–Crippen LogP) is 0.833. The SMILES string of the molecule is CCCNC(=O)[C@H](C)NC(=O)CN1C(=O)CCOc2ccccc21. The predicted molar refractivity (Wildman–Crippen MR) is 89.8 cm³/mol. The van der Waals surface area contributed by atoms with E-state index < -0.39 is 6.04 Å². The number of carbonyl (C=O) groups is 3. The van der Waals surface area contributed by atoms with E-state index in [4.69, 9.17) is 4.74 Å². The molecule has 7 heteroatoms. The van der Waals surface area contributed by atoms with Gasteiger partial charge in [-0.05, 0) is 25.5 Å². The Bertz CT molecular complexity index is 618. The fraction of sp³-hybridized carbons (Fsp3) is 0.471. The van der Waals surface area contributed by atoms with Crippen molar-refractivity contribution in [3.8, 4) is 5.75 Å². The standard InChI is InChI=1S/C17H23N3O4/c1-3-9-18-17(23)12(2)19-15(21)11-20-13-6-4-5-7-14(13)24-10-8-16(20)22/h4-7,12H,3,8-11H2,1-2H3,(H,18,23)(H,19,21)/t12-/m0/s1. The minimum Gasteiger partial charge on any atom is -0.491 e. The number of hydrogen-bond donors (Lipinski definition) is 2. The van der Waals surface area contributed by atoms with Gasteiger partial charge in [0.2, 0.25) is 17.7 Å². The third kappa shape index (κ3) is 4.47. The molecule has 130 valence electrons. The topological polar surface area (TPSA) is 87.7 Å². The first-order chi connectivity index (χ1) is 11.5. The molecule has 0 aromatic heterocycles. The molecule has 1 aromatic carbocycles. The summed E-state index contributed by atoms with van der Waals surface area (Å²) in [5.41, 5.74) is 0.568. The Morgan fingerprint density at radius 3 is 2.83 bits per heavy atom. The first-order valence-corrected chi connectivity index (χ1v) is 8.12. The fourth-order valence-electron chi connectivity index (χ4n) is 2.39. The lowest BCUT2D eigenvalue weighted by molar-refractivity contribution is -0.128. The lowest BCUT2D eigenvalue weighted by atomic mass is 10.2. The Kier molecular flexibility index (Phi) is 6.17. The van der Waals surface area contributed by atoms with E-state index in [0.29, 0.717) is 18.0 Å².